The van der Waals surface area contributed by atoms with E-state index >= 15 is 0 Å². The van der Waals surface area contributed by atoms with Crippen LogP contribution in [0.3, 0.4) is 0 Å². The van der Waals surface area contributed by atoms with E-state index in [1.54, 1.807) is 0 Å². The van der Waals surface area contributed by atoms with E-state index in [2.05, 4.69) is 0 Å². The average Bonchev–Trinajstić information content (AvgIpc) is 0.722. The Morgan fingerprint density at radius 2 is 0.889 bits per heavy atom. The van der Waals surface area contributed by atoms with Gasteiger partial charge >= 0.3 is 0 Å². The Kier molecular flexibility index (Phi) is 42.4. The second-order valence-corrected chi connectivity index (χ2v) is 6.51. The van der Waals surface area contributed by atoms with Gasteiger partial charge in [0.15, 0.2) is 8.32 Å². The molecule has 0 atom stereocenters. The van der Waals surface area contributed by atoms with Gasteiger partial charge in [0.25, 0.3) is 0 Å². The quantitative estimate of drug-likeness (QED) is 0.454. The van der Waals surface area contributed by atoms with E-state index in [9.17, 15) is 0 Å². The molecule has 4 nitrogen and oxygen atoms in total. The summed E-state index contributed by atoms with van der Waals surface area (Å²) in [6, 6.07) is 0. The molecule has 0 aromatic rings. The fourth-order valence-corrected chi connectivity index (χ4v) is 0. The Hall–Kier alpha value is 0.771. The average molecular weight is 192 g/mol. The van der Waals surface area contributed by atoms with E-state index in [0.717, 1.165) is 0 Å². The first kappa shape index (κ1) is 33.0. The summed E-state index contributed by atoms with van der Waals surface area (Å²) in [6.07, 6.45) is 0. The fraction of sp³-hybridized carbons (Fsp3) is 1.00. The first-order valence-electron chi connectivity index (χ1n) is 1.72. The second-order valence-electron chi connectivity index (χ2n) is 2.17. The molecule has 0 bridgehead atoms. The summed E-state index contributed by atoms with van der Waals surface area (Å²) < 4.78 is 0. The van der Waals surface area contributed by atoms with Gasteiger partial charge in [0, 0.05) is 21.7 Å². The molecule has 0 unspecified atom stereocenters. The second kappa shape index (κ2) is 11.6. The van der Waals surface area contributed by atoms with Crippen molar-refractivity contribution in [2.75, 3.05) is 0 Å². The van der Waals surface area contributed by atoms with E-state index in [0.29, 0.717) is 0 Å². The summed E-state index contributed by atoms with van der Waals surface area (Å²) in [6.45, 7) is 5.65. The van der Waals surface area contributed by atoms with Crippen LogP contribution < -0.4 is 0 Å². The third-order valence-corrected chi connectivity index (χ3v) is 0. The van der Waals surface area contributed by atoms with Crippen molar-refractivity contribution in [1.29, 1.82) is 0 Å². The number of rotatable bonds is 0. The molecule has 0 saturated heterocycles. The summed E-state index contributed by atoms with van der Waals surface area (Å²) in [5.41, 5.74) is 0. The van der Waals surface area contributed by atoms with Crippen molar-refractivity contribution in [3.63, 3.8) is 0 Å². The molecular weight excluding hydrogens is 176 g/mol. The van der Waals surface area contributed by atoms with Crippen molar-refractivity contribution in [3.8, 4) is 0 Å². The van der Waals surface area contributed by atoms with E-state index in [1.807, 2.05) is 19.6 Å². The summed E-state index contributed by atoms with van der Waals surface area (Å²) in [5, 5.41) is 0. The summed E-state index contributed by atoms with van der Waals surface area (Å²) in [4.78, 5) is 8.66. The molecule has 0 radical (unpaired) electrons. The molecule has 0 heterocycles. The predicted molar refractivity (Wildman–Crippen MR) is 36.4 cm³/mol. The Morgan fingerprint density at radius 1 is 0.889 bits per heavy atom. The maximum atomic E-state index is 8.66. The van der Waals surface area contributed by atoms with Crippen LogP contribution in [0.1, 0.15) is 0 Å². The molecule has 0 aliphatic carbocycles. The van der Waals surface area contributed by atoms with Gasteiger partial charge in [-0.3, -0.25) is 0 Å². The van der Waals surface area contributed by atoms with Crippen LogP contribution in [0.15, 0.2) is 0 Å². The third-order valence-electron chi connectivity index (χ3n) is 0. The number of hydrogen-bond acceptors (Lipinski definition) is 1. The molecule has 0 aliphatic rings. The Morgan fingerprint density at radius 3 is 0.889 bits per heavy atom. The van der Waals surface area contributed by atoms with Crippen molar-refractivity contribution in [1.82, 2.24) is 0 Å². The minimum Gasteiger partial charge on any atom is -0.433 e. The minimum absolute atomic E-state index is 0. The van der Waals surface area contributed by atoms with Crippen LogP contribution in [-0.2, 0) is 21.7 Å². The van der Waals surface area contributed by atoms with Gasteiger partial charge in [0.05, 0.1) is 0 Å². The largest absolute Gasteiger partial charge is 0.433 e. The van der Waals surface area contributed by atoms with Crippen molar-refractivity contribution in [3.05, 3.63) is 0 Å². The van der Waals surface area contributed by atoms with Crippen LogP contribution in [0.5, 0.6) is 0 Å². The molecule has 0 aromatic heterocycles. The van der Waals surface area contributed by atoms with Crippen molar-refractivity contribution in [2.24, 2.45) is 0 Å². The van der Waals surface area contributed by atoms with Crippen LogP contribution in [0, 0.1) is 0 Å². The van der Waals surface area contributed by atoms with Crippen molar-refractivity contribution < 1.29 is 42.9 Å². The van der Waals surface area contributed by atoms with Crippen LogP contribution in [0.25, 0.3) is 0 Å². The summed E-state index contributed by atoms with van der Waals surface area (Å²) in [5.74, 6) is 0. The van der Waals surface area contributed by atoms with Gasteiger partial charge in [0.2, 0.25) is 0 Å². The molecule has 0 aliphatic heterocycles. The summed E-state index contributed by atoms with van der Waals surface area (Å²) in [7, 11) is -1.61. The molecule has 0 spiro atoms. The first-order chi connectivity index (χ1) is 2.00. The normalized spacial score (nSPS) is 6.67. The van der Waals surface area contributed by atoms with Crippen molar-refractivity contribution in [2.45, 2.75) is 19.6 Å². The fourth-order valence-electron chi connectivity index (χ4n) is 0. The van der Waals surface area contributed by atoms with Gasteiger partial charge < -0.3 is 21.2 Å². The molecule has 9 heavy (non-hydrogen) atoms. The van der Waals surface area contributed by atoms with Gasteiger partial charge in [0.1, 0.15) is 0 Å². The van der Waals surface area contributed by atoms with Gasteiger partial charge in [-0.1, -0.05) is 0 Å². The van der Waals surface area contributed by atoms with E-state index in [1.165, 1.54) is 0 Å². The smallest absolute Gasteiger partial charge is 0.179 e. The monoisotopic (exact) mass is 192 g/mol. The van der Waals surface area contributed by atoms with Crippen LogP contribution in [-0.4, -0.2) is 29.5 Å². The predicted octanol–water partition coefficient (Wildman–Crippen LogP) is -1.66. The van der Waals surface area contributed by atoms with Crippen LogP contribution in [0.4, 0.5) is 0 Å². The van der Waals surface area contributed by atoms with E-state index in [4.69, 9.17) is 4.80 Å². The van der Waals surface area contributed by atoms with Gasteiger partial charge in [-0.05, 0) is 19.6 Å². The molecule has 60 valence electrons. The first-order valence-corrected chi connectivity index (χ1v) is 5.17. The maximum absolute atomic E-state index is 8.66. The zero-order valence-corrected chi connectivity index (χ0v) is 8.51. The zero-order valence-electron chi connectivity index (χ0n) is 5.95. The Labute approximate surface area is 71.2 Å². The Balaban J connectivity index is -0.0000000133. The van der Waals surface area contributed by atoms with Gasteiger partial charge in [-0.2, -0.15) is 0 Å². The third kappa shape index (κ3) is 676. The minimum atomic E-state index is -1.61. The Bertz CT molecular complexity index is 31.3. The summed E-state index contributed by atoms with van der Waals surface area (Å²) >= 11 is 0. The topological polar surface area (TPSA) is 115 Å². The number of hydrogen-bond donors (Lipinski definition) is 1. The van der Waals surface area contributed by atoms with Gasteiger partial charge in [-0.25, -0.2) is 0 Å². The molecular formula is C3H16O4SiTi. The van der Waals surface area contributed by atoms with Crippen molar-refractivity contribution >= 4 is 8.32 Å². The standard InChI is InChI=1S/C3H10OSi.3H2O.Ti/c1-5(2,3)4;;;;/h4H,1-3H3;3*1H2;. The SMILES string of the molecule is C[Si](C)(C)O.O.O.O.[Ti]. The molecule has 0 aromatic carbocycles. The van der Waals surface area contributed by atoms with E-state index < -0.39 is 8.32 Å². The molecule has 0 amide bonds. The molecule has 0 fully saturated rings. The molecule has 0 saturated carbocycles. The molecule has 7 N–H and O–H groups in total. The van der Waals surface area contributed by atoms with Crippen LogP contribution >= 0.6 is 0 Å². The van der Waals surface area contributed by atoms with Crippen LogP contribution in [0.2, 0.25) is 19.6 Å². The zero-order chi connectivity index (χ0) is 4.50. The van der Waals surface area contributed by atoms with Gasteiger partial charge in [-0.15, -0.1) is 0 Å². The van der Waals surface area contributed by atoms with E-state index in [-0.39, 0.29) is 38.1 Å². The molecule has 0 rings (SSSR count). The maximum Gasteiger partial charge on any atom is 0.179 e. The molecule has 6 heteroatoms.